The Morgan fingerprint density at radius 3 is 2.36 bits per heavy atom. The molecule has 0 aliphatic carbocycles. The highest BCUT2D eigenvalue weighted by Crippen LogP contribution is 2.08. The van der Waals surface area contributed by atoms with E-state index in [4.69, 9.17) is 0 Å². The number of halogens is 2. The summed E-state index contributed by atoms with van der Waals surface area (Å²) in [5.74, 6) is 0. The van der Waals surface area contributed by atoms with Gasteiger partial charge in [0.25, 0.3) is 0 Å². The number of hydrogen-bond acceptors (Lipinski definition) is 2. The maximum Gasteiger partial charge on any atom is 0.346 e. The Morgan fingerprint density at radius 1 is 1.18 bits per heavy atom. The van der Waals surface area contributed by atoms with E-state index in [-0.39, 0.29) is 6.73 Å². The molecule has 1 heterocycles. The first-order chi connectivity index (χ1) is 5.29. The van der Waals surface area contributed by atoms with E-state index in [9.17, 15) is 8.78 Å². The van der Waals surface area contributed by atoms with Crippen LogP contribution in [0.15, 0.2) is 0 Å². The number of hydrogen-bond donors (Lipinski definition) is 0. The predicted octanol–water partition coefficient (Wildman–Crippen LogP) is 1.67. The Morgan fingerprint density at radius 2 is 1.82 bits per heavy atom. The molecule has 0 aromatic rings. The zero-order chi connectivity index (χ0) is 8.10. The zero-order valence-electron chi connectivity index (χ0n) is 6.43. The largest absolute Gasteiger partial charge is 0.346 e. The van der Waals surface area contributed by atoms with Crippen LogP contribution in [0.4, 0.5) is 8.78 Å². The van der Waals surface area contributed by atoms with Gasteiger partial charge >= 0.3 is 6.61 Å². The van der Waals surface area contributed by atoms with Crippen molar-refractivity contribution in [3.63, 3.8) is 0 Å². The van der Waals surface area contributed by atoms with Gasteiger partial charge in [0.2, 0.25) is 0 Å². The van der Waals surface area contributed by atoms with Gasteiger partial charge in [-0.05, 0) is 12.8 Å². The van der Waals surface area contributed by atoms with Crippen molar-refractivity contribution in [2.45, 2.75) is 25.9 Å². The molecule has 1 aliphatic rings. The first-order valence-electron chi connectivity index (χ1n) is 3.91. The first kappa shape index (κ1) is 8.87. The van der Waals surface area contributed by atoms with Crippen LogP contribution in [-0.4, -0.2) is 31.3 Å². The van der Waals surface area contributed by atoms with Crippen LogP contribution in [0, 0.1) is 0 Å². The molecule has 0 aromatic carbocycles. The number of alkyl halides is 2. The minimum absolute atomic E-state index is 0.0810. The fraction of sp³-hybridized carbons (Fsp3) is 1.00. The standard InChI is InChI=1S/C7H13F2NO/c8-7(9)11-6-10-4-2-1-3-5-10/h7H,1-6H2. The van der Waals surface area contributed by atoms with Gasteiger partial charge in [-0.15, -0.1) is 0 Å². The average Bonchev–Trinajstić information content (AvgIpc) is 2.03. The van der Waals surface area contributed by atoms with E-state index < -0.39 is 6.61 Å². The second kappa shape index (κ2) is 4.62. The van der Waals surface area contributed by atoms with Crippen molar-refractivity contribution in [1.82, 2.24) is 4.90 Å². The molecule has 0 amide bonds. The van der Waals surface area contributed by atoms with E-state index in [1.807, 2.05) is 4.90 Å². The Bertz CT molecular complexity index is 105. The second-order valence-corrected chi connectivity index (χ2v) is 2.74. The van der Waals surface area contributed by atoms with Gasteiger partial charge in [-0.1, -0.05) is 6.42 Å². The Labute approximate surface area is 65.1 Å². The molecule has 1 rings (SSSR count). The van der Waals surface area contributed by atoms with E-state index >= 15 is 0 Å². The van der Waals surface area contributed by atoms with Crippen molar-refractivity contribution in [1.29, 1.82) is 0 Å². The molecule has 1 fully saturated rings. The molecule has 0 bridgehead atoms. The first-order valence-corrected chi connectivity index (χ1v) is 3.91. The quantitative estimate of drug-likeness (QED) is 0.630. The van der Waals surface area contributed by atoms with Gasteiger partial charge in [-0.3, -0.25) is 4.90 Å². The smallest absolute Gasteiger partial charge is 0.307 e. The van der Waals surface area contributed by atoms with Crippen LogP contribution in [0.3, 0.4) is 0 Å². The Balaban J connectivity index is 2.05. The number of nitrogens with zero attached hydrogens (tertiary/aromatic N) is 1. The second-order valence-electron chi connectivity index (χ2n) is 2.74. The molecular formula is C7H13F2NO. The summed E-state index contributed by atoms with van der Waals surface area (Å²) < 4.78 is 27.3. The summed E-state index contributed by atoms with van der Waals surface area (Å²) in [5, 5.41) is 0. The van der Waals surface area contributed by atoms with Gasteiger partial charge in [0.05, 0.1) is 0 Å². The van der Waals surface area contributed by atoms with Gasteiger partial charge in [-0.2, -0.15) is 8.78 Å². The maximum absolute atomic E-state index is 11.5. The van der Waals surface area contributed by atoms with Crippen molar-refractivity contribution in [2.75, 3.05) is 19.8 Å². The molecule has 0 saturated carbocycles. The van der Waals surface area contributed by atoms with Crippen molar-refractivity contribution in [3.8, 4) is 0 Å². The molecule has 0 radical (unpaired) electrons. The van der Waals surface area contributed by atoms with Gasteiger partial charge in [0.1, 0.15) is 6.73 Å². The Kier molecular flexibility index (Phi) is 3.72. The summed E-state index contributed by atoms with van der Waals surface area (Å²) in [4.78, 5) is 1.91. The number of rotatable bonds is 3. The van der Waals surface area contributed by atoms with Crippen LogP contribution in [0.5, 0.6) is 0 Å². The van der Waals surface area contributed by atoms with Crippen LogP contribution in [0.1, 0.15) is 19.3 Å². The van der Waals surface area contributed by atoms with Crippen LogP contribution >= 0.6 is 0 Å². The molecule has 1 aliphatic heterocycles. The van der Waals surface area contributed by atoms with Crippen molar-refractivity contribution < 1.29 is 13.5 Å². The summed E-state index contributed by atoms with van der Waals surface area (Å²) in [7, 11) is 0. The molecular weight excluding hydrogens is 152 g/mol. The summed E-state index contributed by atoms with van der Waals surface area (Å²) in [5.41, 5.74) is 0. The van der Waals surface area contributed by atoms with Gasteiger partial charge in [0, 0.05) is 13.1 Å². The molecule has 0 N–H and O–H groups in total. The molecule has 2 nitrogen and oxygen atoms in total. The van der Waals surface area contributed by atoms with E-state index in [0.717, 1.165) is 25.9 Å². The molecule has 0 unspecified atom stereocenters. The van der Waals surface area contributed by atoms with E-state index in [1.165, 1.54) is 6.42 Å². The lowest BCUT2D eigenvalue weighted by molar-refractivity contribution is -0.160. The van der Waals surface area contributed by atoms with Crippen molar-refractivity contribution in [2.24, 2.45) is 0 Å². The molecule has 4 heteroatoms. The number of likely N-dealkylation sites (tertiary alicyclic amines) is 1. The lowest BCUT2D eigenvalue weighted by Gasteiger charge is -2.25. The van der Waals surface area contributed by atoms with Crippen LogP contribution in [0.25, 0.3) is 0 Å². The maximum atomic E-state index is 11.5. The lowest BCUT2D eigenvalue weighted by atomic mass is 10.1. The molecule has 11 heavy (non-hydrogen) atoms. The van der Waals surface area contributed by atoms with Crippen LogP contribution in [0.2, 0.25) is 0 Å². The van der Waals surface area contributed by atoms with Crippen molar-refractivity contribution in [3.05, 3.63) is 0 Å². The highest BCUT2D eigenvalue weighted by Gasteiger charge is 2.11. The highest BCUT2D eigenvalue weighted by molar-refractivity contribution is 4.60. The SMILES string of the molecule is FC(F)OCN1CCCCC1. The third kappa shape index (κ3) is 3.62. The van der Waals surface area contributed by atoms with E-state index in [1.54, 1.807) is 0 Å². The fourth-order valence-corrected chi connectivity index (χ4v) is 1.25. The predicted molar refractivity (Wildman–Crippen MR) is 37.4 cm³/mol. The molecule has 0 spiro atoms. The summed E-state index contributed by atoms with van der Waals surface area (Å²) >= 11 is 0. The van der Waals surface area contributed by atoms with Crippen LogP contribution < -0.4 is 0 Å². The summed E-state index contributed by atoms with van der Waals surface area (Å²) in [6.07, 6.45) is 3.42. The monoisotopic (exact) mass is 165 g/mol. The summed E-state index contributed by atoms with van der Waals surface area (Å²) in [6.45, 7) is -0.756. The molecule has 0 aromatic heterocycles. The van der Waals surface area contributed by atoms with Gasteiger partial charge in [-0.25, -0.2) is 0 Å². The van der Waals surface area contributed by atoms with Crippen molar-refractivity contribution >= 4 is 0 Å². The fourth-order valence-electron chi connectivity index (χ4n) is 1.25. The third-order valence-corrected chi connectivity index (χ3v) is 1.83. The zero-order valence-corrected chi connectivity index (χ0v) is 6.43. The molecule has 1 saturated heterocycles. The highest BCUT2D eigenvalue weighted by atomic mass is 19.3. The lowest BCUT2D eigenvalue weighted by Crippen LogP contribution is -2.32. The summed E-state index contributed by atoms with van der Waals surface area (Å²) in [6, 6.07) is 0. The normalized spacial score (nSPS) is 21.0. The number of ether oxygens (including phenoxy) is 1. The Hall–Kier alpha value is -0.220. The van der Waals surface area contributed by atoms with E-state index in [2.05, 4.69) is 4.74 Å². The average molecular weight is 165 g/mol. The third-order valence-electron chi connectivity index (χ3n) is 1.83. The number of piperidine rings is 1. The minimum Gasteiger partial charge on any atom is -0.307 e. The topological polar surface area (TPSA) is 12.5 Å². The molecule has 0 atom stereocenters. The van der Waals surface area contributed by atoms with E-state index in [0.29, 0.717) is 0 Å². The van der Waals surface area contributed by atoms with Crippen LogP contribution in [-0.2, 0) is 4.74 Å². The van der Waals surface area contributed by atoms with Gasteiger partial charge < -0.3 is 4.74 Å². The van der Waals surface area contributed by atoms with Gasteiger partial charge in [0.15, 0.2) is 0 Å². The minimum atomic E-state index is -2.63. The molecule has 66 valence electrons.